The summed E-state index contributed by atoms with van der Waals surface area (Å²) in [6.45, 7) is 5.06. The molecule has 0 radical (unpaired) electrons. The minimum absolute atomic E-state index is 0.0286. The summed E-state index contributed by atoms with van der Waals surface area (Å²) in [6, 6.07) is 10.8. The van der Waals surface area contributed by atoms with Gasteiger partial charge in [0.1, 0.15) is 0 Å². The van der Waals surface area contributed by atoms with Crippen molar-refractivity contribution in [1.82, 2.24) is 10.2 Å². The van der Waals surface area contributed by atoms with Crippen LogP contribution in [0.25, 0.3) is 0 Å². The van der Waals surface area contributed by atoms with Crippen molar-refractivity contribution in [3.05, 3.63) is 35.9 Å². The predicted molar refractivity (Wildman–Crippen MR) is 76.9 cm³/mol. The molecule has 1 aromatic rings. The summed E-state index contributed by atoms with van der Waals surface area (Å²) in [5.41, 5.74) is 7.52. The molecule has 1 saturated heterocycles. The van der Waals surface area contributed by atoms with Crippen molar-refractivity contribution < 1.29 is 4.79 Å². The van der Waals surface area contributed by atoms with Crippen molar-refractivity contribution in [2.24, 2.45) is 5.73 Å². The third-order valence-corrected chi connectivity index (χ3v) is 3.63. The molecule has 19 heavy (non-hydrogen) atoms. The van der Waals surface area contributed by atoms with Gasteiger partial charge in [0.15, 0.2) is 0 Å². The Morgan fingerprint density at radius 2 is 2.11 bits per heavy atom. The summed E-state index contributed by atoms with van der Waals surface area (Å²) in [4.78, 5) is 13.2. The second-order valence-corrected chi connectivity index (χ2v) is 5.35. The largest absolute Gasteiger partial charge is 0.355 e. The summed E-state index contributed by atoms with van der Waals surface area (Å²) in [5, 5.41) is 2.84. The molecule has 0 aliphatic carbocycles. The molecule has 1 heterocycles. The Morgan fingerprint density at radius 1 is 1.37 bits per heavy atom. The summed E-state index contributed by atoms with van der Waals surface area (Å²) < 4.78 is 0. The average molecular weight is 261 g/mol. The number of nitrogens with two attached hydrogens (primary N) is 1. The number of hydrogen-bond donors (Lipinski definition) is 2. The summed E-state index contributed by atoms with van der Waals surface area (Å²) in [6.07, 6.45) is 1.04. The van der Waals surface area contributed by atoms with Crippen molar-refractivity contribution in [3.8, 4) is 0 Å². The van der Waals surface area contributed by atoms with Gasteiger partial charge in [0.05, 0.1) is 0 Å². The first-order chi connectivity index (χ1) is 9.15. The minimum Gasteiger partial charge on any atom is -0.355 e. The van der Waals surface area contributed by atoms with E-state index in [9.17, 15) is 4.79 Å². The standard InChI is InChI=1S/C15H23N3O/c1-12(19)17-7-8-18-10-14(9-15(16)11-18)13-5-3-2-4-6-13/h2-6,14-15H,7-11,16H2,1H3,(H,17,19). The Morgan fingerprint density at radius 3 is 2.79 bits per heavy atom. The molecule has 2 unspecified atom stereocenters. The number of likely N-dealkylation sites (tertiary alicyclic amines) is 1. The van der Waals surface area contributed by atoms with Crippen LogP contribution in [-0.2, 0) is 4.79 Å². The molecule has 0 bridgehead atoms. The highest BCUT2D eigenvalue weighted by Crippen LogP contribution is 2.25. The highest BCUT2D eigenvalue weighted by molar-refractivity contribution is 5.72. The number of carbonyl (C=O) groups is 1. The number of nitrogens with one attached hydrogen (secondary N) is 1. The van der Waals surface area contributed by atoms with Gasteiger partial charge < -0.3 is 11.1 Å². The molecule has 1 fully saturated rings. The molecule has 2 rings (SSSR count). The number of hydrogen-bond acceptors (Lipinski definition) is 3. The topological polar surface area (TPSA) is 58.4 Å². The zero-order valence-electron chi connectivity index (χ0n) is 11.5. The summed E-state index contributed by atoms with van der Waals surface area (Å²) >= 11 is 0. The predicted octanol–water partition coefficient (Wildman–Crippen LogP) is 0.939. The van der Waals surface area contributed by atoms with E-state index in [1.165, 1.54) is 5.56 Å². The van der Waals surface area contributed by atoms with E-state index in [1.807, 2.05) is 6.07 Å². The Labute approximate surface area is 115 Å². The van der Waals surface area contributed by atoms with E-state index in [2.05, 4.69) is 34.5 Å². The van der Waals surface area contributed by atoms with Crippen molar-refractivity contribution in [1.29, 1.82) is 0 Å². The summed E-state index contributed by atoms with van der Waals surface area (Å²) in [5.74, 6) is 0.531. The molecule has 1 aliphatic heterocycles. The lowest BCUT2D eigenvalue weighted by Gasteiger charge is -2.36. The molecular formula is C15H23N3O. The monoisotopic (exact) mass is 261 g/mol. The van der Waals surface area contributed by atoms with Gasteiger partial charge in [0, 0.05) is 39.1 Å². The van der Waals surface area contributed by atoms with Gasteiger partial charge >= 0.3 is 0 Å². The molecule has 104 valence electrons. The molecule has 4 heteroatoms. The number of amides is 1. The SMILES string of the molecule is CC(=O)NCCN1CC(N)CC(c2ccccc2)C1. The van der Waals surface area contributed by atoms with E-state index in [0.717, 1.165) is 26.1 Å². The third kappa shape index (κ3) is 4.33. The fourth-order valence-corrected chi connectivity index (χ4v) is 2.77. The van der Waals surface area contributed by atoms with Gasteiger partial charge in [-0.15, -0.1) is 0 Å². The van der Waals surface area contributed by atoms with E-state index in [0.29, 0.717) is 12.5 Å². The zero-order valence-corrected chi connectivity index (χ0v) is 11.5. The Kier molecular flexibility index (Phi) is 4.93. The first-order valence-corrected chi connectivity index (χ1v) is 6.92. The van der Waals surface area contributed by atoms with Crippen molar-refractivity contribution in [2.45, 2.75) is 25.3 Å². The number of piperidine rings is 1. The fraction of sp³-hybridized carbons (Fsp3) is 0.533. The molecule has 3 N–H and O–H groups in total. The number of benzene rings is 1. The van der Waals surface area contributed by atoms with E-state index in [1.54, 1.807) is 6.92 Å². The highest BCUT2D eigenvalue weighted by Gasteiger charge is 2.25. The maximum atomic E-state index is 10.9. The lowest BCUT2D eigenvalue weighted by molar-refractivity contribution is -0.119. The smallest absolute Gasteiger partial charge is 0.216 e. The fourth-order valence-electron chi connectivity index (χ4n) is 2.77. The van der Waals surface area contributed by atoms with Gasteiger partial charge in [0.25, 0.3) is 0 Å². The maximum absolute atomic E-state index is 10.9. The quantitative estimate of drug-likeness (QED) is 0.848. The van der Waals surface area contributed by atoms with Crippen LogP contribution in [0.3, 0.4) is 0 Å². The van der Waals surface area contributed by atoms with Crippen molar-refractivity contribution in [3.63, 3.8) is 0 Å². The van der Waals surface area contributed by atoms with E-state index >= 15 is 0 Å². The van der Waals surface area contributed by atoms with Gasteiger partial charge in [-0.3, -0.25) is 9.69 Å². The lowest BCUT2D eigenvalue weighted by atomic mass is 9.88. The van der Waals surface area contributed by atoms with Gasteiger partial charge in [0.2, 0.25) is 5.91 Å². The van der Waals surface area contributed by atoms with Crippen LogP contribution in [0.2, 0.25) is 0 Å². The van der Waals surface area contributed by atoms with Crippen molar-refractivity contribution in [2.75, 3.05) is 26.2 Å². The van der Waals surface area contributed by atoms with Gasteiger partial charge in [-0.2, -0.15) is 0 Å². The second kappa shape index (κ2) is 6.68. The van der Waals surface area contributed by atoms with Crippen LogP contribution in [0.4, 0.5) is 0 Å². The molecular weight excluding hydrogens is 238 g/mol. The van der Waals surface area contributed by atoms with Gasteiger partial charge in [-0.25, -0.2) is 0 Å². The van der Waals surface area contributed by atoms with Gasteiger partial charge in [-0.1, -0.05) is 30.3 Å². The van der Waals surface area contributed by atoms with E-state index in [4.69, 9.17) is 5.73 Å². The zero-order chi connectivity index (χ0) is 13.7. The van der Waals surface area contributed by atoms with E-state index in [-0.39, 0.29) is 11.9 Å². The third-order valence-electron chi connectivity index (χ3n) is 3.63. The van der Waals surface area contributed by atoms with Crippen LogP contribution < -0.4 is 11.1 Å². The van der Waals surface area contributed by atoms with Crippen LogP contribution in [0.5, 0.6) is 0 Å². The Bertz CT molecular complexity index is 407. The number of carbonyl (C=O) groups excluding carboxylic acids is 1. The first kappa shape index (κ1) is 14.0. The molecule has 2 atom stereocenters. The number of rotatable bonds is 4. The molecule has 1 aromatic carbocycles. The molecule has 1 amide bonds. The van der Waals surface area contributed by atoms with Crippen molar-refractivity contribution >= 4 is 5.91 Å². The molecule has 1 aliphatic rings. The van der Waals surface area contributed by atoms with E-state index < -0.39 is 0 Å². The van der Waals surface area contributed by atoms with Crippen LogP contribution in [0.15, 0.2) is 30.3 Å². The second-order valence-electron chi connectivity index (χ2n) is 5.35. The lowest BCUT2D eigenvalue weighted by Crippen LogP contribution is -2.48. The van der Waals surface area contributed by atoms with Crippen LogP contribution in [0, 0.1) is 0 Å². The van der Waals surface area contributed by atoms with Crippen LogP contribution in [-0.4, -0.2) is 43.0 Å². The summed E-state index contributed by atoms with van der Waals surface area (Å²) in [7, 11) is 0. The average Bonchev–Trinajstić information content (AvgIpc) is 2.39. The molecule has 4 nitrogen and oxygen atoms in total. The Balaban J connectivity index is 1.90. The first-order valence-electron chi connectivity index (χ1n) is 6.92. The van der Waals surface area contributed by atoms with Crippen LogP contribution >= 0.6 is 0 Å². The van der Waals surface area contributed by atoms with Gasteiger partial charge in [-0.05, 0) is 17.9 Å². The normalized spacial score (nSPS) is 24.1. The Hall–Kier alpha value is -1.39. The highest BCUT2D eigenvalue weighted by atomic mass is 16.1. The minimum atomic E-state index is 0.0286. The molecule has 0 spiro atoms. The molecule has 0 aromatic heterocycles. The van der Waals surface area contributed by atoms with Crippen LogP contribution in [0.1, 0.15) is 24.8 Å². The maximum Gasteiger partial charge on any atom is 0.216 e. The molecule has 0 saturated carbocycles. The number of nitrogens with zero attached hydrogens (tertiary/aromatic N) is 1.